The molecule has 0 aliphatic heterocycles. The summed E-state index contributed by atoms with van der Waals surface area (Å²) >= 11 is 11.9. The van der Waals surface area contributed by atoms with Crippen molar-refractivity contribution in [3.05, 3.63) is 56.9 Å². The molecule has 2 aromatic heterocycles. The van der Waals surface area contributed by atoms with E-state index in [2.05, 4.69) is 16.4 Å². The van der Waals surface area contributed by atoms with Crippen LogP contribution in [0.3, 0.4) is 0 Å². The first-order valence-corrected chi connectivity index (χ1v) is 9.96. The predicted molar refractivity (Wildman–Crippen MR) is 111 cm³/mol. The molecule has 0 bridgehead atoms. The smallest absolute Gasteiger partial charge is 0.310 e. The van der Waals surface area contributed by atoms with Gasteiger partial charge in [-0.15, -0.1) is 0 Å². The third kappa shape index (κ3) is 4.23. The Kier molecular flexibility index (Phi) is 5.48. The second kappa shape index (κ2) is 8.05. The van der Waals surface area contributed by atoms with Crippen molar-refractivity contribution in [2.45, 2.75) is 32.6 Å². The molecule has 4 rings (SSSR count). The number of carbonyl (C=O) groups is 2. The van der Waals surface area contributed by atoms with Crippen LogP contribution in [0, 0.1) is 6.92 Å². The number of amides is 1. The molecule has 0 saturated carbocycles. The SMILES string of the molecule is Cc1nc(NC(=O)COC(=O)Cc2coc3cc4c(cc23)CCC4)c(Cl)cc1Cl. The van der Waals surface area contributed by atoms with E-state index in [1.807, 2.05) is 6.07 Å². The molecule has 2 heterocycles. The van der Waals surface area contributed by atoms with Crippen molar-refractivity contribution in [3.8, 4) is 0 Å². The Morgan fingerprint density at radius 2 is 1.93 bits per heavy atom. The number of nitrogens with zero attached hydrogens (tertiary/aromatic N) is 1. The summed E-state index contributed by atoms with van der Waals surface area (Å²) in [6.45, 7) is 1.25. The van der Waals surface area contributed by atoms with Gasteiger partial charge in [0.1, 0.15) is 5.58 Å². The summed E-state index contributed by atoms with van der Waals surface area (Å²) < 4.78 is 10.7. The van der Waals surface area contributed by atoms with E-state index in [4.69, 9.17) is 32.4 Å². The lowest BCUT2D eigenvalue weighted by Crippen LogP contribution is -2.22. The highest BCUT2D eigenvalue weighted by Gasteiger charge is 2.18. The van der Waals surface area contributed by atoms with Crippen LogP contribution in [0.5, 0.6) is 0 Å². The van der Waals surface area contributed by atoms with Crippen molar-refractivity contribution < 1.29 is 18.7 Å². The van der Waals surface area contributed by atoms with Crippen LogP contribution in [-0.4, -0.2) is 23.5 Å². The van der Waals surface area contributed by atoms with Gasteiger partial charge in [-0.2, -0.15) is 0 Å². The summed E-state index contributed by atoms with van der Waals surface area (Å²) in [4.78, 5) is 28.4. The Morgan fingerprint density at radius 1 is 1.17 bits per heavy atom. The van der Waals surface area contributed by atoms with Crippen LogP contribution >= 0.6 is 23.2 Å². The Labute approximate surface area is 177 Å². The van der Waals surface area contributed by atoms with Gasteiger partial charge in [0.05, 0.1) is 28.4 Å². The second-order valence-corrected chi connectivity index (χ2v) is 7.82. The van der Waals surface area contributed by atoms with Gasteiger partial charge in [0.25, 0.3) is 5.91 Å². The zero-order chi connectivity index (χ0) is 20.5. The molecule has 29 heavy (non-hydrogen) atoms. The standard InChI is InChI=1S/C21H18Cl2N2O4/c1-11-16(22)8-17(23)21(24-11)25-19(26)10-29-20(27)7-14-9-28-18-6-13-4-2-3-12(13)5-15(14)18/h5-6,8-9H,2-4,7,10H2,1H3,(H,24,25,26). The number of carbonyl (C=O) groups excluding carboxylic acids is 2. The van der Waals surface area contributed by atoms with Crippen LogP contribution in [-0.2, 0) is 33.6 Å². The van der Waals surface area contributed by atoms with E-state index in [-0.39, 0.29) is 17.3 Å². The van der Waals surface area contributed by atoms with Crippen LogP contribution in [0.15, 0.2) is 28.9 Å². The summed E-state index contributed by atoms with van der Waals surface area (Å²) in [5.74, 6) is -0.886. The number of aromatic nitrogens is 1. The van der Waals surface area contributed by atoms with Gasteiger partial charge >= 0.3 is 5.97 Å². The molecule has 150 valence electrons. The molecule has 6 nitrogen and oxygen atoms in total. The lowest BCUT2D eigenvalue weighted by molar-refractivity contribution is -0.146. The van der Waals surface area contributed by atoms with E-state index in [1.54, 1.807) is 13.2 Å². The number of fused-ring (bicyclic) bond motifs is 2. The van der Waals surface area contributed by atoms with Crippen molar-refractivity contribution in [2.24, 2.45) is 0 Å². The number of benzene rings is 1. The van der Waals surface area contributed by atoms with E-state index in [0.717, 1.165) is 35.8 Å². The molecule has 1 aromatic carbocycles. The molecule has 1 aliphatic rings. The molecular formula is C21H18Cl2N2O4. The first kappa shape index (κ1) is 19.7. The van der Waals surface area contributed by atoms with Gasteiger partial charge in [-0.3, -0.25) is 9.59 Å². The molecule has 1 amide bonds. The molecule has 3 aromatic rings. The zero-order valence-corrected chi connectivity index (χ0v) is 17.2. The van der Waals surface area contributed by atoms with Gasteiger partial charge in [-0.1, -0.05) is 23.2 Å². The Bertz CT molecular complexity index is 1120. The second-order valence-electron chi connectivity index (χ2n) is 7.00. The fourth-order valence-electron chi connectivity index (χ4n) is 3.45. The average molecular weight is 433 g/mol. The molecule has 0 fully saturated rings. The third-order valence-corrected chi connectivity index (χ3v) is 5.60. The summed E-state index contributed by atoms with van der Waals surface area (Å²) in [6, 6.07) is 5.63. The predicted octanol–water partition coefficient (Wildman–Crippen LogP) is 4.66. The number of hydrogen-bond donors (Lipinski definition) is 1. The van der Waals surface area contributed by atoms with Crippen molar-refractivity contribution in [3.63, 3.8) is 0 Å². The number of furan rings is 1. The normalized spacial score (nSPS) is 12.8. The highest BCUT2D eigenvalue weighted by molar-refractivity contribution is 6.36. The molecular weight excluding hydrogens is 415 g/mol. The van der Waals surface area contributed by atoms with Crippen molar-refractivity contribution in [2.75, 3.05) is 11.9 Å². The minimum absolute atomic E-state index is 0.0259. The molecule has 0 radical (unpaired) electrons. The number of esters is 1. The molecule has 0 unspecified atom stereocenters. The fraction of sp³-hybridized carbons (Fsp3) is 0.286. The number of halogens is 2. The van der Waals surface area contributed by atoms with E-state index >= 15 is 0 Å². The number of pyridine rings is 1. The van der Waals surface area contributed by atoms with E-state index in [1.165, 1.54) is 17.2 Å². The number of aryl methyl sites for hydroxylation is 3. The van der Waals surface area contributed by atoms with Crippen molar-refractivity contribution in [1.82, 2.24) is 4.98 Å². The molecule has 1 N–H and O–H groups in total. The maximum Gasteiger partial charge on any atom is 0.310 e. The topological polar surface area (TPSA) is 81.4 Å². The van der Waals surface area contributed by atoms with E-state index < -0.39 is 18.5 Å². The van der Waals surface area contributed by atoms with Crippen LogP contribution in [0.4, 0.5) is 5.82 Å². The van der Waals surface area contributed by atoms with E-state index in [9.17, 15) is 9.59 Å². The third-order valence-electron chi connectivity index (χ3n) is 4.93. The minimum atomic E-state index is -0.538. The maximum absolute atomic E-state index is 12.2. The molecule has 8 heteroatoms. The number of hydrogen-bond acceptors (Lipinski definition) is 5. The van der Waals surface area contributed by atoms with Crippen LogP contribution < -0.4 is 5.32 Å². The van der Waals surface area contributed by atoms with Gasteiger partial charge < -0.3 is 14.5 Å². The number of rotatable bonds is 5. The van der Waals surface area contributed by atoms with Gasteiger partial charge in [0, 0.05) is 10.9 Å². The minimum Gasteiger partial charge on any atom is -0.464 e. The molecule has 0 atom stereocenters. The summed E-state index contributed by atoms with van der Waals surface area (Å²) in [7, 11) is 0. The summed E-state index contributed by atoms with van der Waals surface area (Å²) in [5, 5.41) is 4.04. The fourth-order valence-corrected chi connectivity index (χ4v) is 3.86. The van der Waals surface area contributed by atoms with Gasteiger partial charge in [0.15, 0.2) is 12.4 Å². The number of nitrogens with one attached hydrogen (secondary N) is 1. The largest absolute Gasteiger partial charge is 0.464 e. The Morgan fingerprint density at radius 3 is 2.72 bits per heavy atom. The van der Waals surface area contributed by atoms with Gasteiger partial charge in [-0.05, 0) is 55.5 Å². The average Bonchev–Trinajstić information content (AvgIpc) is 3.29. The molecule has 0 saturated heterocycles. The monoisotopic (exact) mass is 432 g/mol. The first-order valence-electron chi connectivity index (χ1n) is 9.20. The van der Waals surface area contributed by atoms with Gasteiger partial charge in [0.2, 0.25) is 0 Å². The van der Waals surface area contributed by atoms with E-state index in [0.29, 0.717) is 10.7 Å². The number of ether oxygens (including phenoxy) is 1. The lowest BCUT2D eigenvalue weighted by Gasteiger charge is -2.09. The first-order chi connectivity index (χ1) is 13.9. The van der Waals surface area contributed by atoms with Crippen molar-refractivity contribution >= 4 is 51.9 Å². The highest BCUT2D eigenvalue weighted by atomic mass is 35.5. The van der Waals surface area contributed by atoms with Gasteiger partial charge in [-0.25, -0.2) is 4.98 Å². The summed E-state index contributed by atoms with van der Waals surface area (Å²) in [6.07, 6.45) is 4.84. The van der Waals surface area contributed by atoms with Crippen molar-refractivity contribution in [1.29, 1.82) is 0 Å². The maximum atomic E-state index is 12.2. The van der Waals surface area contributed by atoms with Crippen LogP contribution in [0.2, 0.25) is 10.0 Å². The zero-order valence-electron chi connectivity index (χ0n) is 15.7. The Balaban J connectivity index is 1.36. The van der Waals surface area contributed by atoms with Crippen LogP contribution in [0.1, 0.15) is 28.8 Å². The highest BCUT2D eigenvalue weighted by Crippen LogP contribution is 2.30. The molecule has 1 aliphatic carbocycles. The molecule has 0 spiro atoms. The summed E-state index contributed by atoms with van der Waals surface area (Å²) in [5.41, 5.74) is 4.66. The lowest BCUT2D eigenvalue weighted by atomic mass is 10.0. The Hall–Kier alpha value is -2.57. The van der Waals surface area contributed by atoms with Crippen LogP contribution in [0.25, 0.3) is 11.0 Å². The quantitative estimate of drug-likeness (QED) is 0.593. The number of anilines is 1.